The van der Waals surface area contributed by atoms with Gasteiger partial charge >= 0.3 is 0 Å². The minimum Gasteiger partial charge on any atom is -0.324 e. The zero-order valence-electron chi connectivity index (χ0n) is 10.7. The van der Waals surface area contributed by atoms with Crippen molar-refractivity contribution in [1.29, 1.82) is 0 Å². The van der Waals surface area contributed by atoms with E-state index in [-0.39, 0.29) is 6.04 Å². The van der Waals surface area contributed by atoms with E-state index in [9.17, 15) is 0 Å². The summed E-state index contributed by atoms with van der Waals surface area (Å²) in [6, 6.07) is 6.58. The second kappa shape index (κ2) is 5.53. The molecule has 2 N–H and O–H groups in total. The van der Waals surface area contributed by atoms with E-state index in [4.69, 9.17) is 5.73 Å². The van der Waals surface area contributed by atoms with Crippen LogP contribution < -0.4 is 5.73 Å². The van der Waals surface area contributed by atoms with Crippen molar-refractivity contribution in [3.63, 3.8) is 0 Å². The van der Waals surface area contributed by atoms with Crippen molar-refractivity contribution in [3.05, 3.63) is 33.8 Å². The van der Waals surface area contributed by atoms with Crippen LogP contribution in [0.5, 0.6) is 0 Å². The molecule has 1 atom stereocenters. The summed E-state index contributed by atoms with van der Waals surface area (Å²) < 4.78 is 1.18. The van der Waals surface area contributed by atoms with E-state index in [1.165, 1.54) is 41.3 Å². The van der Waals surface area contributed by atoms with E-state index in [1.807, 2.05) is 0 Å². The predicted octanol–water partition coefficient (Wildman–Crippen LogP) is 4.58. The molecule has 1 saturated carbocycles. The summed E-state index contributed by atoms with van der Waals surface area (Å²) in [6.07, 6.45) is 5.25. The van der Waals surface area contributed by atoms with Crippen LogP contribution in [-0.4, -0.2) is 0 Å². The molecule has 1 aliphatic rings. The third-order valence-corrected chi connectivity index (χ3v) is 5.10. The average molecular weight is 296 g/mol. The average Bonchev–Trinajstić information content (AvgIpc) is 2.33. The van der Waals surface area contributed by atoms with Gasteiger partial charge in [-0.2, -0.15) is 0 Å². The first kappa shape index (κ1) is 13.1. The van der Waals surface area contributed by atoms with Gasteiger partial charge in [0.05, 0.1) is 0 Å². The minimum atomic E-state index is 0.208. The SMILES string of the molecule is Cc1c(Br)cccc1C(N)C1CCC(C)CC1. The van der Waals surface area contributed by atoms with Crippen LogP contribution in [0.3, 0.4) is 0 Å². The van der Waals surface area contributed by atoms with Crippen LogP contribution in [0.1, 0.15) is 49.8 Å². The molecular weight excluding hydrogens is 274 g/mol. The summed E-state index contributed by atoms with van der Waals surface area (Å²) in [6.45, 7) is 4.51. The monoisotopic (exact) mass is 295 g/mol. The van der Waals surface area contributed by atoms with Crippen molar-refractivity contribution >= 4 is 15.9 Å². The Hall–Kier alpha value is -0.340. The summed E-state index contributed by atoms with van der Waals surface area (Å²) >= 11 is 3.59. The zero-order chi connectivity index (χ0) is 12.4. The van der Waals surface area contributed by atoms with Gasteiger partial charge in [-0.1, -0.05) is 47.8 Å². The van der Waals surface area contributed by atoms with Gasteiger partial charge in [0, 0.05) is 10.5 Å². The van der Waals surface area contributed by atoms with Crippen molar-refractivity contribution in [1.82, 2.24) is 0 Å². The van der Waals surface area contributed by atoms with Crippen LogP contribution in [-0.2, 0) is 0 Å². The van der Waals surface area contributed by atoms with Gasteiger partial charge in [-0.15, -0.1) is 0 Å². The van der Waals surface area contributed by atoms with Gasteiger partial charge in [0.2, 0.25) is 0 Å². The summed E-state index contributed by atoms with van der Waals surface area (Å²) in [4.78, 5) is 0. The number of rotatable bonds is 2. The molecular formula is C15H22BrN. The fourth-order valence-electron chi connectivity index (χ4n) is 2.88. The standard InChI is InChI=1S/C15H22BrN/c1-10-6-8-12(9-7-10)15(17)13-4-3-5-14(16)11(13)2/h3-5,10,12,15H,6-9,17H2,1-2H3. The van der Waals surface area contributed by atoms with Gasteiger partial charge in [0.25, 0.3) is 0 Å². The third kappa shape index (κ3) is 2.92. The second-order valence-corrected chi connectivity index (χ2v) is 6.35. The molecule has 1 unspecified atom stereocenters. The van der Waals surface area contributed by atoms with E-state index in [1.54, 1.807) is 0 Å². The number of hydrogen-bond donors (Lipinski definition) is 1. The van der Waals surface area contributed by atoms with Crippen LogP contribution in [0.2, 0.25) is 0 Å². The van der Waals surface area contributed by atoms with Gasteiger partial charge in [-0.3, -0.25) is 0 Å². The lowest BCUT2D eigenvalue weighted by molar-refractivity contribution is 0.255. The molecule has 0 spiro atoms. The maximum atomic E-state index is 6.46. The molecule has 0 bridgehead atoms. The number of hydrogen-bond acceptors (Lipinski definition) is 1. The van der Waals surface area contributed by atoms with Gasteiger partial charge < -0.3 is 5.73 Å². The third-order valence-electron chi connectivity index (χ3n) is 4.24. The lowest BCUT2D eigenvalue weighted by atomic mass is 9.77. The Labute approximate surface area is 113 Å². The molecule has 17 heavy (non-hydrogen) atoms. The smallest absolute Gasteiger partial charge is 0.0326 e. The van der Waals surface area contributed by atoms with Crippen LogP contribution in [0.4, 0.5) is 0 Å². The van der Waals surface area contributed by atoms with Gasteiger partial charge in [0.1, 0.15) is 0 Å². The molecule has 0 saturated heterocycles. The molecule has 94 valence electrons. The second-order valence-electron chi connectivity index (χ2n) is 5.50. The van der Waals surface area contributed by atoms with Crippen LogP contribution in [0.15, 0.2) is 22.7 Å². The number of halogens is 1. The van der Waals surface area contributed by atoms with Crippen molar-refractivity contribution in [2.24, 2.45) is 17.6 Å². The maximum absolute atomic E-state index is 6.46. The van der Waals surface area contributed by atoms with Crippen LogP contribution in [0.25, 0.3) is 0 Å². The Morgan fingerprint density at radius 3 is 2.53 bits per heavy atom. The van der Waals surface area contributed by atoms with Crippen molar-refractivity contribution < 1.29 is 0 Å². The number of benzene rings is 1. The normalized spacial score (nSPS) is 26.8. The quantitative estimate of drug-likeness (QED) is 0.849. The molecule has 0 radical (unpaired) electrons. The van der Waals surface area contributed by atoms with Gasteiger partial charge in [0.15, 0.2) is 0 Å². The molecule has 0 aromatic heterocycles. The first-order valence-electron chi connectivity index (χ1n) is 6.60. The topological polar surface area (TPSA) is 26.0 Å². The molecule has 2 heteroatoms. The summed E-state index contributed by atoms with van der Waals surface area (Å²) in [5.41, 5.74) is 9.09. The van der Waals surface area contributed by atoms with Gasteiger partial charge in [-0.05, 0) is 48.8 Å². The lowest BCUT2D eigenvalue weighted by Gasteiger charge is -2.31. The first-order valence-corrected chi connectivity index (χ1v) is 7.39. The highest BCUT2D eigenvalue weighted by Gasteiger charge is 2.25. The van der Waals surface area contributed by atoms with Crippen molar-refractivity contribution in [3.8, 4) is 0 Å². The molecule has 1 aliphatic carbocycles. The van der Waals surface area contributed by atoms with Crippen molar-refractivity contribution in [2.45, 2.75) is 45.6 Å². The number of nitrogens with two attached hydrogens (primary N) is 1. The highest BCUT2D eigenvalue weighted by Crippen LogP contribution is 2.37. The Balaban J connectivity index is 2.14. The molecule has 1 fully saturated rings. The molecule has 0 aliphatic heterocycles. The molecule has 0 heterocycles. The van der Waals surface area contributed by atoms with Gasteiger partial charge in [-0.25, -0.2) is 0 Å². The minimum absolute atomic E-state index is 0.208. The largest absolute Gasteiger partial charge is 0.324 e. The summed E-state index contributed by atoms with van der Waals surface area (Å²) in [5, 5.41) is 0. The highest BCUT2D eigenvalue weighted by atomic mass is 79.9. The first-order chi connectivity index (χ1) is 8.09. The molecule has 0 amide bonds. The van der Waals surface area contributed by atoms with Crippen molar-refractivity contribution in [2.75, 3.05) is 0 Å². The Morgan fingerprint density at radius 1 is 1.24 bits per heavy atom. The van der Waals surface area contributed by atoms with E-state index in [2.05, 4.69) is 48.0 Å². The van der Waals surface area contributed by atoms with E-state index in [0.717, 1.165) is 5.92 Å². The fourth-order valence-corrected chi connectivity index (χ4v) is 3.27. The summed E-state index contributed by atoms with van der Waals surface area (Å²) in [5.74, 6) is 1.56. The Bertz CT molecular complexity index is 381. The lowest BCUT2D eigenvalue weighted by Crippen LogP contribution is -2.26. The summed E-state index contributed by atoms with van der Waals surface area (Å²) in [7, 11) is 0. The molecule has 2 rings (SSSR count). The molecule has 1 aromatic rings. The zero-order valence-corrected chi connectivity index (χ0v) is 12.3. The Kier molecular flexibility index (Phi) is 4.26. The van der Waals surface area contributed by atoms with Crippen LogP contribution in [0, 0.1) is 18.8 Å². The maximum Gasteiger partial charge on any atom is 0.0326 e. The fraction of sp³-hybridized carbons (Fsp3) is 0.600. The van der Waals surface area contributed by atoms with Crippen LogP contribution >= 0.6 is 15.9 Å². The molecule has 1 nitrogen and oxygen atoms in total. The highest BCUT2D eigenvalue weighted by molar-refractivity contribution is 9.10. The molecule has 1 aromatic carbocycles. The predicted molar refractivity (Wildman–Crippen MR) is 76.9 cm³/mol. The van der Waals surface area contributed by atoms with E-state index >= 15 is 0 Å². The van der Waals surface area contributed by atoms with E-state index < -0.39 is 0 Å². The Morgan fingerprint density at radius 2 is 1.88 bits per heavy atom. The van der Waals surface area contributed by atoms with E-state index in [0.29, 0.717) is 5.92 Å².